The van der Waals surface area contributed by atoms with E-state index in [0.717, 1.165) is 16.9 Å². The zero-order valence-corrected chi connectivity index (χ0v) is 12.1. The van der Waals surface area contributed by atoms with E-state index in [0.29, 0.717) is 5.92 Å². The number of aromatic nitrogens is 2. The van der Waals surface area contributed by atoms with Gasteiger partial charge in [-0.05, 0) is 48.2 Å². The Kier molecular flexibility index (Phi) is 3.23. The summed E-state index contributed by atoms with van der Waals surface area (Å²) in [6, 6.07) is 14.6. The second-order valence-electron chi connectivity index (χ2n) is 5.49. The Morgan fingerprint density at radius 3 is 2.55 bits per heavy atom. The first-order chi connectivity index (χ1) is 9.65. The molecule has 1 aromatic carbocycles. The highest BCUT2D eigenvalue weighted by Gasteiger charge is 2.13. The van der Waals surface area contributed by atoms with Crippen molar-refractivity contribution in [2.75, 3.05) is 0 Å². The van der Waals surface area contributed by atoms with Gasteiger partial charge in [0.15, 0.2) is 0 Å². The average molecular weight is 262 g/mol. The monoisotopic (exact) mass is 262 g/mol. The Hall–Kier alpha value is -2.22. The normalized spacial score (nSPS) is 11.2. The summed E-state index contributed by atoms with van der Waals surface area (Å²) in [5, 5.41) is 1.19. The standard InChI is InChI=1S/C18H18N2/c1-12(2)15-11-14-8-7-13(3)10-17(14)20-18(15)16-6-4-5-9-19-16/h4-12H,1-3H3. The number of pyridine rings is 2. The zero-order chi connectivity index (χ0) is 14.1. The van der Waals surface area contributed by atoms with Gasteiger partial charge in [0.1, 0.15) is 0 Å². The predicted molar refractivity (Wildman–Crippen MR) is 83.8 cm³/mol. The van der Waals surface area contributed by atoms with Gasteiger partial charge in [-0.1, -0.05) is 32.0 Å². The van der Waals surface area contributed by atoms with Gasteiger partial charge in [0.2, 0.25) is 0 Å². The molecule has 0 bridgehead atoms. The third kappa shape index (κ3) is 2.29. The number of hydrogen-bond acceptors (Lipinski definition) is 2. The van der Waals surface area contributed by atoms with Crippen LogP contribution in [0.15, 0.2) is 48.7 Å². The van der Waals surface area contributed by atoms with E-state index in [-0.39, 0.29) is 0 Å². The summed E-state index contributed by atoms with van der Waals surface area (Å²) >= 11 is 0. The topological polar surface area (TPSA) is 25.8 Å². The predicted octanol–water partition coefficient (Wildman–Crippen LogP) is 4.73. The van der Waals surface area contributed by atoms with Gasteiger partial charge in [0, 0.05) is 11.6 Å². The lowest BCUT2D eigenvalue weighted by molar-refractivity contribution is 0.863. The van der Waals surface area contributed by atoms with Crippen LogP contribution < -0.4 is 0 Å². The summed E-state index contributed by atoms with van der Waals surface area (Å²) in [7, 11) is 0. The lowest BCUT2D eigenvalue weighted by atomic mass is 9.97. The molecule has 0 aliphatic heterocycles. The first-order valence-corrected chi connectivity index (χ1v) is 6.98. The molecule has 2 heteroatoms. The highest BCUT2D eigenvalue weighted by molar-refractivity contribution is 5.83. The summed E-state index contributed by atoms with van der Waals surface area (Å²) in [5.74, 6) is 0.421. The molecule has 100 valence electrons. The summed E-state index contributed by atoms with van der Waals surface area (Å²) < 4.78 is 0. The first kappa shape index (κ1) is 12.8. The molecule has 0 fully saturated rings. The van der Waals surface area contributed by atoms with Crippen molar-refractivity contribution in [1.29, 1.82) is 0 Å². The van der Waals surface area contributed by atoms with E-state index in [4.69, 9.17) is 4.98 Å². The fraction of sp³-hybridized carbons (Fsp3) is 0.222. The van der Waals surface area contributed by atoms with Gasteiger partial charge in [0.25, 0.3) is 0 Å². The van der Waals surface area contributed by atoms with Gasteiger partial charge in [0.05, 0.1) is 16.9 Å². The number of aryl methyl sites for hydroxylation is 1. The Balaban J connectivity index is 2.30. The quantitative estimate of drug-likeness (QED) is 0.667. The fourth-order valence-corrected chi connectivity index (χ4v) is 2.44. The molecule has 3 aromatic rings. The molecule has 0 saturated heterocycles. The molecular formula is C18H18N2. The minimum atomic E-state index is 0.421. The summed E-state index contributed by atoms with van der Waals surface area (Å²) in [4.78, 5) is 9.32. The van der Waals surface area contributed by atoms with E-state index >= 15 is 0 Å². The van der Waals surface area contributed by atoms with Gasteiger partial charge in [-0.2, -0.15) is 0 Å². The van der Waals surface area contributed by atoms with Crippen LogP contribution in [0.1, 0.15) is 30.9 Å². The number of benzene rings is 1. The van der Waals surface area contributed by atoms with Crippen molar-refractivity contribution < 1.29 is 0 Å². The minimum absolute atomic E-state index is 0.421. The largest absolute Gasteiger partial charge is 0.255 e. The van der Waals surface area contributed by atoms with Crippen LogP contribution in [-0.2, 0) is 0 Å². The molecule has 2 nitrogen and oxygen atoms in total. The van der Waals surface area contributed by atoms with Crippen molar-refractivity contribution >= 4 is 10.9 Å². The highest BCUT2D eigenvalue weighted by atomic mass is 14.8. The maximum absolute atomic E-state index is 4.86. The van der Waals surface area contributed by atoms with Crippen LogP contribution in [0.25, 0.3) is 22.3 Å². The molecular weight excluding hydrogens is 244 g/mol. The Labute approximate surface area is 119 Å². The maximum atomic E-state index is 4.86. The molecule has 2 heterocycles. The molecule has 20 heavy (non-hydrogen) atoms. The van der Waals surface area contributed by atoms with Crippen LogP contribution in [0.3, 0.4) is 0 Å². The third-order valence-corrected chi connectivity index (χ3v) is 3.53. The number of fused-ring (bicyclic) bond motifs is 1. The smallest absolute Gasteiger partial charge is 0.0928 e. The molecule has 0 radical (unpaired) electrons. The third-order valence-electron chi connectivity index (χ3n) is 3.53. The van der Waals surface area contributed by atoms with Crippen LogP contribution in [-0.4, -0.2) is 9.97 Å². The molecule has 0 spiro atoms. The molecule has 0 unspecified atom stereocenters. The van der Waals surface area contributed by atoms with Crippen molar-refractivity contribution in [3.63, 3.8) is 0 Å². The van der Waals surface area contributed by atoms with Gasteiger partial charge in [-0.25, -0.2) is 4.98 Å². The zero-order valence-electron chi connectivity index (χ0n) is 12.1. The molecule has 0 saturated carbocycles. The second kappa shape index (κ2) is 5.04. The van der Waals surface area contributed by atoms with E-state index in [1.807, 2.05) is 24.4 Å². The summed E-state index contributed by atoms with van der Waals surface area (Å²) in [6.45, 7) is 6.49. The number of hydrogen-bond donors (Lipinski definition) is 0. The van der Waals surface area contributed by atoms with E-state index in [1.165, 1.54) is 16.5 Å². The fourth-order valence-electron chi connectivity index (χ4n) is 2.44. The summed E-state index contributed by atoms with van der Waals surface area (Å²) in [6.07, 6.45) is 1.82. The molecule has 2 aromatic heterocycles. The SMILES string of the molecule is Cc1ccc2cc(C(C)C)c(-c3ccccn3)nc2c1. The first-order valence-electron chi connectivity index (χ1n) is 6.98. The maximum Gasteiger partial charge on any atom is 0.0928 e. The van der Waals surface area contributed by atoms with E-state index in [1.54, 1.807) is 0 Å². The van der Waals surface area contributed by atoms with Gasteiger partial charge in [-0.3, -0.25) is 4.98 Å². The van der Waals surface area contributed by atoms with Crippen molar-refractivity contribution in [3.8, 4) is 11.4 Å². The highest BCUT2D eigenvalue weighted by Crippen LogP contribution is 2.29. The lowest BCUT2D eigenvalue weighted by Gasteiger charge is -2.13. The second-order valence-corrected chi connectivity index (χ2v) is 5.49. The van der Waals surface area contributed by atoms with E-state index in [9.17, 15) is 0 Å². The number of nitrogens with zero attached hydrogens (tertiary/aromatic N) is 2. The number of rotatable bonds is 2. The Bertz CT molecular complexity index is 746. The van der Waals surface area contributed by atoms with Crippen LogP contribution in [0, 0.1) is 6.92 Å². The van der Waals surface area contributed by atoms with Gasteiger partial charge < -0.3 is 0 Å². The minimum Gasteiger partial charge on any atom is -0.255 e. The van der Waals surface area contributed by atoms with Crippen molar-refractivity contribution in [2.24, 2.45) is 0 Å². The summed E-state index contributed by atoms with van der Waals surface area (Å²) in [5.41, 5.74) is 5.46. The van der Waals surface area contributed by atoms with Gasteiger partial charge >= 0.3 is 0 Å². The average Bonchev–Trinajstić information content (AvgIpc) is 2.46. The molecule has 0 atom stereocenters. The van der Waals surface area contributed by atoms with E-state index < -0.39 is 0 Å². The van der Waals surface area contributed by atoms with Crippen LogP contribution in [0.4, 0.5) is 0 Å². The molecule has 0 amide bonds. The molecule has 0 aliphatic carbocycles. The van der Waals surface area contributed by atoms with Crippen molar-refractivity contribution in [3.05, 3.63) is 59.8 Å². The van der Waals surface area contributed by atoms with E-state index in [2.05, 4.69) is 50.0 Å². The van der Waals surface area contributed by atoms with Crippen LogP contribution >= 0.6 is 0 Å². The molecule has 3 rings (SSSR count). The van der Waals surface area contributed by atoms with Crippen molar-refractivity contribution in [1.82, 2.24) is 9.97 Å². The molecule has 0 N–H and O–H groups in total. The van der Waals surface area contributed by atoms with Crippen LogP contribution in [0.2, 0.25) is 0 Å². The Morgan fingerprint density at radius 2 is 1.85 bits per heavy atom. The lowest BCUT2D eigenvalue weighted by Crippen LogP contribution is -1.98. The van der Waals surface area contributed by atoms with Crippen molar-refractivity contribution in [2.45, 2.75) is 26.7 Å². The van der Waals surface area contributed by atoms with Crippen LogP contribution in [0.5, 0.6) is 0 Å². The van der Waals surface area contributed by atoms with Gasteiger partial charge in [-0.15, -0.1) is 0 Å². The molecule has 0 aliphatic rings. The Morgan fingerprint density at radius 1 is 1.00 bits per heavy atom.